The van der Waals surface area contributed by atoms with E-state index in [2.05, 4.69) is 14.4 Å². The molecule has 0 aliphatic rings. The number of benzene rings is 1. The summed E-state index contributed by atoms with van der Waals surface area (Å²) >= 11 is 1.54. The monoisotopic (exact) mass is 269 g/mol. The summed E-state index contributed by atoms with van der Waals surface area (Å²) in [6.07, 6.45) is 1.73. The number of hydrogen-bond donors (Lipinski definition) is 2. The first-order valence-corrected chi connectivity index (χ1v) is 7.18. The molecule has 2 rings (SSSR count). The maximum Gasteiger partial charge on any atom is 0.298 e. The molecule has 1 aromatic heterocycles. The van der Waals surface area contributed by atoms with Crippen LogP contribution < -0.4 is 9.44 Å². The van der Waals surface area contributed by atoms with Gasteiger partial charge in [-0.2, -0.15) is 8.42 Å². The third-order valence-electron chi connectivity index (χ3n) is 2.09. The van der Waals surface area contributed by atoms with Gasteiger partial charge in [-0.3, -0.25) is 4.72 Å². The molecule has 0 atom stereocenters. The van der Waals surface area contributed by atoms with Crippen LogP contribution in [0.5, 0.6) is 0 Å². The van der Waals surface area contributed by atoms with E-state index in [1.165, 1.54) is 18.4 Å². The second-order valence-electron chi connectivity index (χ2n) is 3.22. The van der Waals surface area contributed by atoms with Crippen LogP contribution >= 0.6 is 11.3 Å². The van der Waals surface area contributed by atoms with Crippen LogP contribution in [0.1, 0.15) is 0 Å². The van der Waals surface area contributed by atoms with Crippen LogP contribution in [0.15, 0.2) is 35.8 Å². The van der Waals surface area contributed by atoms with Crippen LogP contribution in [0.2, 0.25) is 0 Å². The molecule has 0 aliphatic heterocycles. The first kappa shape index (κ1) is 12.0. The number of aromatic nitrogens is 1. The summed E-state index contributed by atoms with van der Waals surface area (Å²) in [5.41, 5.74) is 1.48. The summed E-state index contributed by atoms with van der Waals surface area (Å²) in [5, 5.41) is 2.81. The van der Waals surface area contributed by atoms with Gasteiger partial charge in [0.2, 0.25) is 0 Å². The molecular weight excluding hydrogens is 258 g/mol. The fourth-order valence-electron chi connectivity index (χ4n) is 1.25. The average molecular weight is 269 g/mol. The van der Waals surface area contributed by atoms with Crippen LogP contribution in [0.25, 0.3) is 10.6 Å². The first-order chi connectivity index (χ1) is 8.11. The normalized spacial score (nSPS) is 11.4. The number of hydrogen-bond acceptors (Lipinski definition) is 4. The third-order valence-corrected chi connectivity index (χ3v) is 3.95. The van der Waals surface area contributed by atoms with Crippen LogP contribution in [-0.2, 0) is 10.2 Å². The summed E-state index contributed by atoms with van der Waals surface area (Å²) in [5.74, 6) is 0. The van der Waals surface area contributed by atoms with E-state index in [0.29, 0.717) is 5.69 Å². The van der Waals surface area contributed by atoms with Crippen molar-refractivity contribution in [2.24, 2.45) is 0 Å². The van der Waals surface area contributed by atoms with Gasteiger partial charge < -0.3 is 0 Å². The zero-order chi connectivity index (χ0) is 12.3. The smallest absolute Gasteiger partial charge is 0.271 e. The SMILES string of the molecule is CNS(=O)(=O)Nc1ccc(-c2nccs2)cc1. The van der Waals surface area contributed by atoms with Gasteiger partial charge in [0.15, 0.2) is 0 Å². The second kappa shape index (κ2) is 4.82. The van der Waals surface area contributed by atoms with Crippen molar-refractivity contribution in [1.29, 1.82) is 0 Å². The van der Waals surface area contributed by atoms with E-state index < -0.39 is 10.2 Å². The molecule has 1 aromatic carbocycles. The topological polar surface area (TPSA) is 71.1 Å². The van der Waals surface area contributed by atoms with Crippen molar-refractivity contribution in [3.05, 3.63) is 35.8 Å². The van der Waals surface area contributed by atoms with Gasteiger partial charge in [-0.05, 0) is 24.3 Å². The average Bonchev–Trinajstić information content (AvgIpc) is 2.83. The van der Waals surface area contributed by atoms with Crippen molar-refractivity contribution in [2.45, 2.75) is 0 Å². The fraction of sp³-hybridized carbons (Fsp3) is 0.100. The molecule has 0 amide bonds. The van der Waals surface area contributed by atoms with Crippen LogP contribution in [0.3, 0.4) is 0 Å². The van der Waals surface area contributed by atoms with E-state index in [9.17, 15) is 8.42 Å². The lowest BCUT2D eigenvalue weighted by Gasteiger charge is -2.06. The Bertz CT molecular complexity index is 577. The Kier molecular flexibility index (Phi) is 3.41. The third kappa shape index (κ3) is 3.02. The van der Waals surface area contributed by atoms with E-state index in [0.717, 1.165) is 10.6 Å². The van der Waals surface area contributed by atoms with Crippen molar-refractivity contribution in [1.82, 2.24) is 9.71 Å². The van der Waals surface area contributed by atoms with Gasteiger partial charge in [0, 0.05) is 29.9 Å². The predicted octanol–water partition coefficient (Wildman–Crippen LogP) is 1.69. The summed E-state index contributed by atoms with van der Waals surface area (Å²) in [7, 11) is -2.10. The summed E-state index contributed by atoms with van der Waals surface area (Å²) in [6, 6.07) is 7.05. The predicted molar refractivity (Wildman–Crippen MR) is 69.2 cm³/mol. The Morgan fingerprint density at radius 1 is 1.24 bits per heavy atom. The highest BCUT2D eigenvalue weighted by molar-refractivity contribution is 7.90. The zero-order valence-corrected chi connectivity index (χ0v) is 10.7. The molecule has 0 aliphatic carbocycles. The molecule has 0 saturated carbocycles. The molecule has 2 N–H and O–H groups in total. The Labute approximate surface area is 104 Å². The molecule has 7 heteroatoms. The molecule has 2 aromatic rings. The maximum absolute atomic E-state index is 11.2. The lowest BCUT2D eigenvalue weighted by molar-refractivity contribution is 0.593. The highest BCUT2D eigenvalue weighted by atomic mass is 32.2. The molecule has 1 heterocycles. The van der Waals surface area contributed by atoms with E-state index in [4.69, 9.17) is 0 Å². The van der Waals surface area contributed by atoms with Crippen LogP contribution in [-0.4, -0.2) is 20.4 Å². The van der Waals surface area contributed by atoms with E-state index in [-0.39, 0.29) is 0 Å². The van der Waals surface area contributed by atoms with Gasteiger partial charge in [-0.1, -0.05) is 0 Å². The number of nitrogens with one attached hydrogen (secondary N) is 2. The molecule has 0 spiro atoms. The quantitative estimate of drug-likeness (QED) is 0.887. The van der Waals surface area contributed by atoms with Crippen LogP contribution in [0, 0.1) is 0 Å². The number of rotatable bonds is 4. The van der Waals surface area contributed by atoms with Crippen molar-refractivity contribution in [3.8, 4) is 10.6 Å². The Morgan fingerprint density at radius 2 is 1.94 bits per heavy atom. The van der Waals surface area contributed by atoms with Crippen LogP contribution in [0.4, 0.5) is 5.69 Å². The van der Waals surface area contributed by atoms with Gasteiger partial charge in [-0.25, -0.2) is 9.71 Å². The molecule has 0 bridgehead atoms. The van der Waals surface area contributed by atoms with Crippen molar-refractivity contribution in [2.75, 3.05) is 11.8 Å². The highest BCUT2D eigenvalue weighted by Gasteiger charge is 2.06. The van der Waals surface area contributed by atoms with E-state index >= 15 is 0 Å². The molecule has 0 unspecified atom stereocenters. The minimum absolute atomic E-state index is 0.514. The standard InChI is InChI=1S/C10H11N3O2S2/c1-11-17(14,15)13-9-4-2-8(3-5-9)10-12-6-7-16-10/h2-7,11,13H,1H3. The van der Waals surface area contributed by atoms with E-state index in [1.54, 1.807) is 18.3 Å². The molecule has 17 heavy (non-hydrogen) atoms. The summed E-state index contributed by atoms with van der Waals surface area (Å²) in [6.45, 7) is 0. The molecule has 0 radical (unpaired) electrons. The lowest BCUT2D eigenvalue weighted by atomic mass is 10.2. The van der Waals surface area contributed by atoms with E-state index in [1.807, 2.05) is 17.5 Å². The fourth-order valence-corrected chi connectivity index (χ4v) is 2.45. The minimum atomic E-state index is -3.45. The largest absolute Gasteiger partial charge is 0.298 e. The van der Waals surface area contributed by atoms with Gasteiger partial charge >= 0.3 is 0 Å². The van der Waals surface area contributed by atoms with Crippen molar-refractivity contribution in [3.63, 3.8) is 0 Å². The maximum atomic E-state index is 11.2. The lowest BCUT2D eigenvalue weighted by Crippen LogP contribution is -2.26. The second-order valence-corrected chi connectivity index (χ2v) is 5.74. The van der Waals surface area contributed by atoms with Gasteiger partial charge in [0.05, 0.1) is 0 Å². The first-order valence-electron chi connectivity index (χ1n) is 4.82. The van der Waals surface area contributed by atoms with Gasteiger partial charge in [0.1, 0.15) is 5.01 Å². The highest BCUT2D eigenvalue weighted by Crippen LogP contribution is 2.23. The minimum Gasteiger partial charge on any atom is -0.271 e. The molecule has 0 fully saturated rings. The zero-order valence-electron chi connectivity index (χ0n) is 9.04. The Balaban J connectivity index is 2.19. The number of nitrogens with zero attached hydrogens (tertiary/aromatic N) is 1. The summed E-state index contributed by atoms with van der Waals surface area (Å²) in [4.78, 5) is 4.17. The molecular formula is C10H11N3O2S2. The Hall–Kier alpha value is -1.44. The Morgan fingerprint density at radius 3 is 2.47 bits per heavy atom. The number of thiazole rings is 1. The molecule has 90 valence electrons. The van der Waals surface area contributed by atoms with Crippen molar-refractivity contribution < 1.29 is 8.42 Å². The van der Waals surface area contributed by atoms with Crippen molar-refractivity contribution >= 4 is 27.2 Å². The van der Waals surface area contributed by atoms with Gasteiger partial charge in [-0.15, -0.1) is 11.3 Å². The number of anilines is 1. The van der Waals surface area contributed by atoms with Gasteiger partial charge in [0.25, 0.3) is 10.2 Å². The summed E-state index contributed by atoms with van der Waals surface area (Å²) < 4.78 is 27.1. The molecule has 5 nitrogen and oxygen atoms in total. The molecule has 0 saturated heterocycles.